The predicted molar refractivity (Wildman–Crippen MR) is 86.3 cm³/mol. The van der Waals surface area contributed by atoms with Crippen LogP contribution in [0.15, 0.2) is 47.4 Å². The van der Waals surface area contributed by atoms with E-state index in [4.69, 9.17) is 11.6 Å². The average Bonchev–Trinajstić information content (AvgIpc) is 2.77. The number of thioether (sulfide) groups is 1. The number of nitrogens with zero attached hydrogens (tertiary/aromatic N) is 1. The van der Waals surface area contributed by atoms with Gasteiger partial charge in [-0.3, -0.25) is 9.59 Å². The Kier molecular flexibility index (Phi) is 4.19. The van der Waals surface area contributed by atoms with Gasteiger partial charge in [-0.15, -0.1) is 0 Å². The average molecular weight is 352 g/mol. The standard InChI is InChI=1S/C16H8ClF2NO2S/c17-12-8-11(4-5-13(12)19)20-15(21)14(23-16(20)22)7-9-2-1-3-10(18)6-9/h1-8H/b14-7-. The molecule has 2 amide bonds. The monoisotopic (exact) mass is 351 g/mol. The molecule has 116 valence electrons. The van der Waals surface area contributed by atoms with Crippen molar-refractivity contribution < 1.29 is 18.4 Å². The lowest BCUT2D eigenvalue weighted by Crippen LogP contribution is -2.27. The number of halogens is 3. The van der Waals surface area contributed by atoms with Crippen molar-refractivity contribution in [1.82, 2.24) is 0 Å². The first-order chi connectivity index (χ1) is 11.0. The normalized spacial score (nSPS) is 16.5. The summed E-state index contributed by atoms with van der Waals surface area (Å²) in [4.78, 5) is 25.5. The number of hydrogen-bond acceptors (Lipinski definition) is 3. The lowest BCUT2D eigenvalue weighted by atomic mass is 10.2. The number of imide groups is 1. The molecule has 0 saturated carbocycles. The fourth-order valence-corrected chi connectivity index (χ4v) is 3.08. The van der Waals surface area contributed by atoms with Gasteiger partial charge >= 0.3 is 0 Å². The Hall–Kier alpha value is -2.18. The van der Waals surface area contributed by atoms with E-state index < -0.39 is 22.8 Å². The van der Waals surface area contributed by atoms with Crippen LogP contribution < -0.4 is 4.90 Å². The lowest BCUT2D eigenvalue weighted by Gasteiger charge is -2.12. The Balaban J connectivity index is 1.95. The van der Waals surface area contributed by atoms with E-state index in [9.17, 15) is 18.4 Å². The van der Waals surface area contributed by atoms with Gasteiger partial charge < -0.3 is 0 Å². The topological polar surface area (TPSA) is 37.4 Å². The van der Waals surface area contributed by atoms with Crippen molar-refractivity contribution in [3.05, 3.63) is 69.6 Å². The van der Waals surface area contributed by atoms with Crippen molar-refractivity contribution in [3.63, 3.8) is 0 Å². The maximum atomic E-state index is 13.2. The third-order valence-electron chi connectivity index (χ3n) is 3.10. The summed E-state index contributed by atoms with van der Waals surface area (Å²) in [5.74, 6) is -1.65. The van der Waals surface area contributed by atoms with Gasteiger partial charge in [-0.05, 0) is 53.7 Å². The van der Waals surface area contributed by atoms with Crippen LogP contribution in [0.2, 0.25) is 5.02 Å². The summed E-state index contributed by atoms with van der Waals surface area (Å²) in [7, 11) is 0. The molecule has 2 aromatic carbocycles. The molecule has 0 radical (unpaired) electrons. The highest BCUT2D eigenvalue weighted by Crippen LogP contribution is 2.36. The van der Waals surface area contributed by atoms with Gasteiger partial charge in [0.25, 0.3) is 11.1 Å². The molecule has 0 atom stereocenters. The van der Waals surface area contributed by atoms with Crippen LogP contribution in [0.4, 0.5) is 19.3 Å². The van der Waals surface area contributed by atoms with E-state index in [1.54, 1.807) is 6.07 Å². The van der Waals surface area contributed by atoms with Gasteiger partial charge in [-0.25, -0.2) is 13.7 Å². The van der Waals surface area contributed by atoms with Gasteiger partial charge in [-0.2, -0.15) is 0 Å². The van der Waals surface area contributed by atoms with Crippen LogP contribution in [0.3, 0.4) is 0 Å². The van der Waals surface area contributed by atoms with E-state index in [0.717, 1.165) is 22.7 Å². The summed E-state index contributed by atoms with van der Waals surface area (Å²) >= 11 is 6.41. The van der Waals surface area contributed by atoms with Crippen LogP contribution in [-0.4, -0.2) is 11.1 Å². The number of anilines is 1. The smallest absolute Gasteiger partial charge is 0.268 e. The molecule has 0 bridgehead atoms. The Labute approximate surface area is 139 Å². The first-order valence-electron chi connectivity index (χ1n) is 6.44. The quantitative estimate of drug-likeness (QED) is 0.725. The van der Waals surface area contributed by atoms with E-state index in [1.165, 1.54) is 36.4 Å². The van der Waals surface area contributed by atoms with E-state index in [2.05, 4.69) is 0 Å². The zero-order chi connectivity index (χ0) is 16.6. The molecule has 2 aromatic rings. The summed E-state index contributed by atoms with van der Waals surface area (Å²) in [6.07, 6.45) is 1.43. The van der Waals surface area contributed by atoms with Crippen LogP contribution in [-0.2, 0) is 4.79 Å². The van der Waals surface area contributed by atoms with Crippen LogP contribution in [0.5, 0.6) is 0 Å². The Morgan fingerprint density at radius 1 is 1.09 bits per heavy atom. The number of rotatable bonds is 2. The molecule has 23 heavy (non-hydrogen) atoms. The van der Waals surface area contributed by atoms with Crippen molar-refractivity contribution in [2.75, 3.05) is 4.90 Å². The SMILES string of the molecule is O=C1S/C(=C\c2cccc(F)c2)C(=O)N1c1ccc(F)c(Cl)c1. The second kappa shape index (κ2) is 6.14. The molecule has 1 aliphatic rings. The van der Waals surface area contributed by atoms with Crippen molar-refractivity contribution in [2.45, 2.75) is 0 Å². The largest absolute Gasteiger partial charge is 0.298 e. The molecular formula is C16H8ClF2NO2S. The van der Waals surface area contributed by atoms with Crippen molar-refractivity contribution in [3.8, 4) is 0 Å². The lowest BCUT2D eigenvalue weighted by molar-refractivity contribution is -0.113. The molecule has 7 heteroatoms. The van der Waals surface area contributed by atoms with Gasteiger partial charge in [0.05, 0.1) is 15.6 Å². The van der Waals surface area contributed by atoms with Gasteiger partial charge in [0.15, 0.2) is 0 Å². The molecule has 3 rings (SSSR count). The first kappa shape index (κ1) is 15.7. The highest BCUT2D eigenvalue weighted by atomic mass is 35.5. The maximum Gasteiger partial charge on any atom is 0.298 e. The number of carbonyl (C=O) groups is 2. The van der Waals surface area contributed by atoms with E-state index in [0.29, 0.717) is 5.56 Å². The molecule has 1 aliphatic heterocycles. The molecule has 3 nitrogen and oxygen atoms in total. The molecule has 0 unspecified atom stereocenters. The second-order valence-corrected chi connectivity index (χ2v) is 6.07. The van der Waals surface area contributed by atoms with Crippen LogP contribution >= 0.6 is 23.4 Å². The van der Waals surface area contributed by atoms with Gasteiger partial charge in [0.1, 0.15) is 11.6 Å². The van der Waals surface area contributed by atoms with Crippen molar-refractivity contribution in [1.29, 1.82) is 0 Å². The number of hydrogen-bond donors (Lipinski definition) is 0. The minimum absolute atomic E-state index is 0.154. The van der Waals surface area contributed by atoms with Crippen LogP contribution in [0.25, 0.3) is 6.08 Å². The molecule has 0 spiro atoms. The van der Waals surface area contributed by atoms with E-state index in [-0.39, 0.29) is 15.6 Å². The first-order valence-corrected chi connectivity index (χ1v) is 7.64. The second-order valence-electron chi connectivity index (χ2n) is 4.67. The number of benzene rings is 2. The summed E-state index contributed by atoms with van der Waals surface area (Å²) in [6.45, 7) is 0. The Morgan fingerprint density at radius 3 is 2.57 bits per heavy atom. The number of carbonyl (C=O) groups excluding carboxylic acids is 2. The molecule has 0 aliphatic carbocycles. The molecule has 1 saturated heterocycles. The molecular weight excluding hydrogens is 344 g/mol. The predicted octanol–water partition coefficient (Wildman–Crippen LogP) is 4.86. The summed E-state index contributed by atoms with van der Waals surface area (Å²) in [5.41, 5.74) is 0.647. The van der Waals surface area contributed by atoms with Gasteiger partial charge in [-0.1, -0.05) is 23.7 Å². The highest BCUT2D eigenvalue weighted by Gasteiger charge is 2.36. The van der Waals surface area contributed by atoms with Crippen molar-refractivity contribution >= 4 is 46.3 Å². The minimum Gasteiger partial charge on any atom is -0.268 e. The van der Waals surface area contributed by atoms with Crippen LogP contribution in [0, 0.1) is 11.6 Å². The summed E-state index contributed by atoms with van der Waals surface area (Å²) < 4.78 is 26.4. The minimum atomic E-state index is -0.641. The van der Waals surface area contributed by atoms with Gasteiger partial charge in [0.2, 0.25) is 0 Å². The molecule has 0 aromatic heterocycles. The fraction of sp³-hybridized carbons (Fsp3) is 0. The third kappa shape index (κ3) is 3.13. The molecule has 1 fully saturated rings. The van der Waals surface area contributed by atoms with Crippen molar-refractivity contribution in [2.24, 2.45) is 0 Å². The zero-order valence-corrected chi connectivity index (χ0v) is 13.0. The van der Waals surface area contributed by atoms with Crippen LogP contribution in [0.1, 0.15) is 5.56 Å². The molecule has 1 heterocycles. The molecule has 0 N–H and O–H groups in total. The highest BCUT2D eigenvalue weighted by molar-refractivity contribution is 8.19. The Bertz CT molecular complexity index is 854. The Morgan fingerprint density at radius 2 is 1.87 bits per heavy atom. The zero-order valence-electron chi connectivity index (χ0n) is 11.4. The maximum absolute atomic E-state index is 13.2. The van der Waals surface area contributed by atoms with Gasteiger partial charge in [0, 0.05) is 0 Å². The van der Waals surface area contributed by atoms with E-state index >= 15 is 0 Å². The van der Waals surface area contributed by atoms with E-state index in [1.807, 2.05) is 0 Å². The third-order valence-corrected chi connectivity index (χ3v) is 4.26. The summed E-state index contributed by atoms with van der Waals surface area (Å²) in [5, 5.41) is -0.712. The fourth-order valence-electron chi connectivity index (χ4n) is 2.06. The number of amides is 2. The summed E-state index contributed by atoms with van der Waals surface area (Å²) in [6, 6.07) is 9.24.